The fourth-order valence-electron chi connectivity index (χ4n) is 1.96. The molecule has 0 amide bonds. The highest BCUT2D eigenvalue weighted by Crippen LogP contribution is 2.17. The van der Waals surface area contributed by atoms with Crippen LogP contribution in [0.15, 0.2) is 4.99 Å². The fraction of sp³-hybridized carbons (Fsp3) is 0.833. The minimum absolute atomic E-state index is 0.0944. The summed E-state index contributed by atoms with van der Waals surface area (Å²) in [6.45, 7) is 5.21. The molecule has 1 atom stereocenters. The number of ether oxygens (including phenoxy) is 1. The molecule has 86 valence electrons. The van der Waals surface area contributed by atoms with Crippen molar-refractivity contribution in [3.05, 3.63) is 0 Å². The predicted molar refractivity (Wildman–Crippen MR) is 61.2 cm³/mol. The van der Waals surface area contributed by atoms with E-state index in [-0.39, 0.29) is 11.9 Å². The molecular formula is C12H21NO2. The minimum Gasteiger partial charge on any atom is -0.465 e. The van der Waals surface area contributed by atoms with E-state index in [2.05, 4.69) is 4.99 Å². The molecule has 1 heterocycles. The Labute approximate surface area is 91.9 Å². The van der Waals surface area contributed by atoms with Gasteiger partial charge in [-0.3, -0.25) is 9.79 Å². The van der Waals surface area contributed by atoms with Crippen molar-refractivity contribution < 1.29 is 9.53 Å². The standard InChI is InChI=1S/C12H21NO2/c1-3-10(12(14)15-4-2)11-8-6-5-7-9-13-11/h10H,3-9H2,1-2H3. The van der Waals surface area contributed by atoms with Crippen molar-refractivity contribution in [2.24, 2.45) is 10.9 Å². The van der Waals surface area contributed by atoms with Crippen molar-refractivity contribution in [2.45, 2.75) is 46.0 Å². The van der Waals surface area contributed by atoms with E-state index in [1.807, 2.05) is 13.8 Å². The molecule has 0 spiro atoms. The lowest BCUT2D eigenvalue weighted by Gasteiger charge is -2.15. The van der Waals surface area contributed by atoms with Crippen molar-refractivity contribution in [3.63, 3.8) is 0 Å². The Kier molecular flexibility index (Phi) is 5.37. The molecule has 0 aromatic heterocycles. The molecule has 0 N–H and O–H groups in total. The lowest BCUT2D eigenvalue weighted by molar-refractivity contribution is -0.145. The van der Waals surface area contributed by atoms with Gasteiger partial charge < -0.3 is 4.74 Å². The third-order valence-corrected chi connectivity index (χ3v) is 2.79. The molecule has 0 bridgehead atoms. The SMILES string of the molecule is CCOC(=O)C(CC)C1=NCCCCC1. The second-order valence-electron chi connectivity index (χ2n) is 3.90. The number of hydrogen-bond acceptors (Lipinski definition) is 3. The molecule has 0 radical (unpaired) electrons. The van der Waals surface area contributed by atoms with Crippen LogP contribution in [0.25, 0.3) is 0 Å². The number of carbonyl (C=O) groups is 1. The van der Waals surface area contributed by atoms with Gasteiger partial charge in [0.05, 0.1) is 12.5 Å². The Morgan fingerprint density at radius 3 is 2.87 bits per heavy atom. The molecular weight excluding hydrogens is 190 g/mol. The summed E-state index contributed by atoms with van der Waals surface area (Å²) >= 11 is 0. The highest BCUT2D eigenvalue weighted by atomic mass is 16.5. The smallest absolute Gasteiger partial charge is 0.314 e. The molecule has 0 saturated carbocycles. The Hall–Kier alpha value is -0.860. The zero-order valence-electron chi connectivity index (χ0n) is 9.79. The number of esters is 1. The van der Waals surface area contributed by atoms with Gasteiger partial charge in [-0.2, -0.15) is 0 Å². The van der Waals surface area contributed by atoms with E-state index in [1.165, 1.54) is 6.42 Å². The molecule has 1 unspecified atom stereocenters. The largest absolute Gasteiger partial charge is 0.465 e. The molecule has 1 aliphatic heterocycles. The van der Waals surface area contributed by atoms with Gasteiger partial charge in [0.25, 0.3) is 0 Å². The summed E-state index contributed by atoms with van der Waals surface area (Å²) in [4.78, 5) is 16.2. The van der Waals surface area contributed by atoms with Crippen molar-refractivity contribution in [1.82, 2.24) is 0 Å². The maximum atomic E-state index is 11.7. The van der Waals surface area contributed by atoms with Crippen LogP contribution in [-0.4, -0.2) is 24.8 Å². The van der Waals surface area contributed by atoms with Crippen LogP contribution < -0.4 is 0 Å². The van der Waals surface area contributed by atoms with E-state index in [4.69, 9.17) is 4.74 Å². The summed E-state index contributed by atoms with van der Waals surface area (Å²) in [6.07, 6.45) is 5.32. The van der Waals surface area contributed by atoms with Gasteiger partial charge in [-0.1, -0.05) is 13.3 Å². The third kappa shape index (κ3) is 3.65. The lowest BCUT2D eigenvalue weighted by Crippen LogP contribution is -2.25. The van der Waals surface area contributed by atoms with E-state index in [0.29, 0.717) is 6.61 Å². The molecule has 0 aliphatic carbocycles. The second-order valence-corrected chi connectivity index (χ2v) is 3.90. The predicted octanol–water partition coefficient (Wildman–Crippen LogP) is 2.59. The number of hydrogen-bond donors (Lipinski definition) is 0. The van der Waals surface area contributed by atoms with Crippen molar-refractivity contribution in [2.75, 3.05) is 13.2 Å². The van der Waals surface area contributed by atoms with Crippen LogP contribution in [0.3, 0.4) is 0 Å². The summed E-state index contributed by atoms with van der Waals surface area (Å²) in [7, 11) is 0. The second kappa shape index (κ2) is 6.59. The summed E-state index contributed by atoms with van der Waals surface area (Å²) in [5.41, 5.74) is 1.06. The first-order chi connectivity index (χ1) is 7.29. The molecule has 0 saturated heterocycles. The van der Waals surface area contributed by atoms with Crippen LogP contribution in [0.2, 0.25) is 0 Å². The molecule has 0 aromatic rings. The molecule has 1 aliphatic rings. The average Bonchev–Trinajstić information content (AvgIpc) is 2.48. The maximum absolute atomic E-state index is 11.7. The highest BCUT2D eigenvalue weighted by molar-refractivity contribution is 6.02. The van der Waals surface area contributed by atoms with Gasteiger partial charge in [-0.25, -0.2) is 0 Å². The van der Waals surface area contributed by atoms with Crippen molar-refractivity contribution in [1.29, 1.82) is 0 Å². The van der Waals surface area contributed by atoms with Crippen LogP contribution in [-0.2, 0) is 9.53 Å². The number of carbonyl (C=O) groups excluding carboxylic acids is 1. The Morgan fingerprint density at radius 1 is 1.40 bits per heavy atom. The van der Waals surface area contributed by atoms with Gasteiger partial charge in [0.15, 0.2) is 0 Å². The van der Waals surface area contributed by atoms with Gasteiger partial charge in [-0.05, 0) is 32.6 Å². The van der Waals surface area contributed by atoms with Crippen molar-refractivity contribution >= 4 is 11.7 Å². The maximum Gasteiger partial charge on any atom is 0.314 e. The molecule has 0 aromatic carbocycles. The monoisotopic (exact) mass is 211 g/mol. The van der Waals surface area contributed by atoms with E-state index >= 15 is 0 Å². The minimum atomic E-state index is -0.0966. The fourth-order valence-corrected chi connectivity index (χ4v) is 1.96. The summed E-state index contributed by atoms with van der Waals surface area (Å²) in [5, 5.41) is 0. The third-order valence-electron chi connectivity index (χ3n) is 2.79. The first kappa shape index (κ1) is 12.2. The number of rotatable bonds is 4. The van der Waals surface area contributed by atoms with Gasteiger partial charge in [0, 0.05) is 12.3 Å². The summed E-state index contributed by atoms with van der Waals surface area (Å²) in [6, 6.07) is 0. The van der Waals surface area contributed by atoms with Crippen LogP contribution in [0.5, 0.6) is 0 Å². The lowest BCUT2D eigenvalue weighted by atomic mass is 9.96. The first-order valence-electron chi connectivity index (χ1n) is 5.99. The molecule has 0 fully saturated rings. The van der Waals surface area contributed by atoms with Gasteiger partial charge in [0.1, 0.15) is 0 Å². The number of aliphatic imine (C=N–C) groups is 1. The first-order valence-corrected chi connectivity index (χ1v) is 5.99. The van der Waals surface area contributed by atoms with Crippen molar-refractivity contribution in [3.8, 4) is 0 Å². The zero-order chi connectivity index (χ0) is 11.1. The Balaban J connectivity index is 2.63. The molecule has 3 nitrogen and oxygen atoms in total. The van der Waals surface area contributed by atoms with Gasteiger partial charge >= 0.3 is 5.97 Å². The van der Waals surface area contributed by atoms with Gasteiger partial charge in [0.2, 0.25) is 0 Å². The normalized spacial score (nSPS) is 18.9. The summed E-state index contributed by atoms with van der Waals surface area (Å²) < 4.78 is 5.07. The highest BCUT2D eigenvalue weighted by Gasteiger charge is 2.23. The Bertz CT molecular complexity index is 236. The molecule has 3 heteroatoms. The van der Waals surface area contributed by atoms with Gasteiger partial charge in [-0.15, -0.1) is 0 Å². The van der Waals surface area contributed by atoms with Crippen LogP contribution >= 0.6 is 0 Å². The zero-order valence-corrected chi connectivity index (χ0v) is 9.79. The van der Waals surface area contributed by atoms with E-state index in [1.54, 1.807) is 0 Å². The molecule has 15 heavy (non-hydrogen) atoms. The topological polar surface area (TPSA) is 38.7 Å². The van der Waals surface area contributed by atoms with E-state index in [0.717, 1.165) is 37.9 Å². The van der Waals surface area contributed by atoms with E-state index < -0.39 is 0 Å². The van der Waals surface area contributed by atoms with E-state index in [9.17, 15) is 4.79 Å². The number of nitrogens with zero attached hydrogens (tertiary/aromatic N) is 1. The van der Waals surface area contributed by atoms with Crippen LogP contribution in [0.4, 0.5) is 0 Å². The van der Waals surface area contributed by atoms with Crippen LogP contribution in [0, 0.1) is 5.92 Å². The summed E-state index contributed by atoms with van der Waals surface area (Å²) in [5.74, 6) is -0.191. The quantitative estimate of drug-likeness (QED) is 0.670. The van der Waals surface area contributed by atoms with Crippen LogP contribution in [0.1, 0.15) is 46.0 Å². The molecule has 1 rings (SSSR count). The Morgan fingerprint density at radius 2 is 2.20 bits per heavy atom. The average molecular weight is 211 g/mol.